The number of carbonyl (C=O) groups excluding carboxylic acids is 2. The van der Waals surface area contributed by atoms with E-state index in [1.54, 1.807) is 18.3 Å². The number of esters is 1. The molecule has 1 atom stereocenters. The van der Waals surface area contributed by atoms with E-state index in [1.165, 1.54) is 22.2 Å². The van der Waals surface area contributed by atoms with Crippen molar-refractivity contribution in [3.63, 3.8) is 0 Å². The van der Waals surface area contributed by atoms with Gasteiger partial charge in [0.15, 0.2) is 6.10 Å². The highest BCUT2D eigenvalue weighted by Gasteiger charge is 2.21. The van der Waals surface area contributed by atoms with Crippen LogP contribution >= 0.6 is 23.1 Å². The van der Waals surface area contributed by atoms with E-state index in [1.807, 2.05) is 6.92 Å². The Morgan fingerprint density at radius 3 is 3.00 bits per heavy atom. The van der Waals surface area contributed by atoms with Gasteiger partial charge in [-0.05, 0) is 38.7 Å². The molecule has 0 spiro atoms. The van der Waals surface area contributed by atoms with Crippen LogP contribution in [-0.2, 0) is 32.9 Å². The van der Waals surface area contributed by atoms with Gasteiger partial charge in [-0.25, -0.2) is 4.98 Å². The van der Waals surface area contributed by atoms with Gasteiger partial charge in [0.2, 0.25) is 0 Å². The lowest BCUT2D eigenvalue weighted by Crippen LogP contribution is -2.35. The maximum atomic E-state index is 12.4. The van der Waals surface area contributed by atoms with Gasteiger partial charge < -0.3 is 15.0 Å². The van der Waals surface area contributed by atoms with Crippen molar-refractivity contribution in [3.05, 3.63) is 26.6 Å². The summed E-state index contributed by atoms with van der Waals surface area (Å²) in [5.41, 5.74) is 1.11. The number of H-pyrrole nitrogens is 1. The molecule has 2 N–H and O–H groups in total. The lowest BCUT2D eigenvalue weighted by molar-refractivity contribution is -0.154. The summed E-state index contributed by atoms with van der Waals surface area (Å²) in [6, 6.07) is 0. The van der Waals surface area contributed by atoms with Gasteiger partial charge in [0.05, 0.1) is 17.6 Å². The third kappa shape index (κ3) is 4.70. The first-order valence-corrected chi connectivity index (χ1v) is 11.0. The minimum absolute atomic E-state index is 0.0647. The Bertz CT molecular complexity index is 906. The zero-order chi connectivity index (χ0) is 19.4. The number of likely N-dealkylation sites (N-methyl/N-ethyl adjacent to an activating group) is 1. The molecule has 0 aromatic carbocycles. The standard InChI is InChI=1S/C18H23N3O4S2/c1-3-19-16(23)10(2)25-14(22)7-8-26-9-13-20-17(24)15-11-5-4-6-12(11)27-18(15)21-13/h10H,3-9H2,1-2H3,(H,19,23)(H,20,21,24)/t10-/m0/s1. The number of ether oxygens (including phenoxy) is 1. The fraction of sp³-hybridized carbons (Fsp3) is 0.556. The van der Waals surface area contributed by atoms with E-state index in [0.717, 1.165) is 29.5 Å². The number of aromatic nitrogens is 2. The molecule has 0 saturated heterocycles. The number of aromatic amines is 1. The molecule has 0 fully saturated rings. The summed E-state index contributed by atoms with van der Waals surface area (Å²) < 4.78 is 5.09. The Morgan fingerprint density at radius 2 is 2.22 bits per heavy atom. The molecule has 0 aliphatic heterocycles. The van der Waals surface area contributed by atoms with Gasteiger partial charge in [-0.1, -0.05) is 0 Å². The second-order valence-corrected chi connectivity index (χ2v) is 8.57. The van der Waals surface area contributed by atoms with E-state index in [9.17, 15) is 14.4 Å². The van der Waals surface area contributed by atoms with Gasteiger partial charge >= 0.3 is 5.97 Å². The summed E-state index contributed by atoms with van der Waals surface area (Å²) in [4.78, 5) is 45.3. The minimum Gasteiger partial charge on any atom is -0.453 e. The fourth-order valence-corrected chi connectivity index (χ4v) is 5.13. The van der Waals surface area contributed by atoms with E-state index >= 15 is 0 Å². The van der Waals surface area contributed by atoms with Crippen molar-refractivity contribution < 1.29 is 14.3 Å². The summed E-state index contributed by atoms with van der Waals surface area (Å²) >= 11 is 3.12. The van der Waals surface area contributed by atoms with E-state index in [2.05, 4.69) is 15.3 Å². The van der Waals surface area contributed by atoms with Crippen molar-refractivity contribution in [1.82, 2.24) is 15.3 Å². The van der Waals surface area contributed by atoms with Gasteiger partial charge in [-0.2, -0.15) is 11.8 Å². The average Bonchev–Trinajstić information content (AvgIpc) is 3.19. The number of rotatable bonds is 8. The molecule has 7 nitrogen and oxygen atoms in total. The van der Waals surface area contributed by atoms with Crippen LogP contribution in [0.25, 0.3) is 10.2 Å². The van der Waals surface area contributed by atoms with Gasteiger partial charge in [0, 0.05) is 17.2 Å². The van der Waals surface area contributed by atoms with Gasteiger partial charge in [-0.15, -0.1) is 11.3 Å². The van der Waals surface area contributed by atoms with Crippen molar-refractivity contribution in [2.45, 2.75) is 51.4 Å². The van der Waals surface area contributed by atoms with Crippen molar-refractivity contribution in [3.8, 4) is 0 Å². The number of aryl methyl sites for hydroxylation is 2. The first-order valence-electron chi connectivity index (χ1n) is 9.08. The van der Waals surface area contributed by atoms with Gasteiger partial charge in [0.1, 0.15) is 10.7 Å². The Morgan fingerprint density at radius 1 is 1.41 bits per heavy atom. The minimum atomic E-state index is -0.788. The van der Waals surface area contributed by atoms with Crippen LogP contribution in [0, 0.1) is 0 Å². The number of fused-ring (bicyclic) bond motifs is 3. The molecule has 9 heteroatoms. The Balaban J connectivity index is 1.49. The first-order chi connectivity index (χ1) is 13.0. The molecule has 2 heterocycles. The normalized spacial score (nSPS) is 14.1. The number of nitrogens with one attached hydrogen (secondary N) is 2. The van der Waals surface area contributed by atoms with Crippen LogP contribution in [0.3, 0.4) is 0 Å². The largest absolute Gasteiger partial charge is 0.453 e. The fourth-order valence-electron chi connectivity index (χ4n) is 3.07. The molecule has 2 aromatic heterocycles. The SMILES string of the molecule is CCNC(=O)[C@H](C)OC(=O)CCSCc1nc2sc3c(c2c(=O)[nH]1)CCC3. The molecule has 1 aliphatic carbocycles. The highest BCUT2D eigenvalue weighted by Crippen LogP contribution is 2.34. The second kappa shape index (κ2) is 8.88. The lowest BCUT2D eigenvalue weighted by Gasteiger charge is -2.12. The van der Waals surface area contributed by atoms with Crippen molar-refractivity contribution in [1.29, 1.82) is 0 Å². The molecular weight excluding hydrogens is 386 g/mol. The van der Waals surface area contributed by atoms with Gasteiger partial charge in [-0.3, -0.25) is 14.4 Å². The number of thiophene rings is 1. The Hall–Kier alpha value is -1.87. The number of thioether (sulfide) groups is 1. The van der Waals surface area contributed by atoms with Crippen molar-refractivity contribution in [2.24, 2.45) is 0 Å². The van der Waals surface area contributed by atoms with E-state index in [-0.39, 0.29) is 17.9 Å². The summed E-state index contributed by atoms with van der Waals surface area (Å²) in [5.74, 6) is 0.974. The number of nitrogens with zero attached hydrogens (tertiary/aromatic N) is 1. The zero-order valence-corrected chi connectivity index (χ0v) is 17.1. The van der Waals surface area contributed by atoms with Gasteiger partial charge in [0.25, 0.3) is 11.5 Å². The number of hydrogen-bond acceptors (Lipinski definition) is 7. The zero-order valence-electron chi connectivity index (χ0n) is 15.4. The molecule has 0 saturated carbocycles. The van der Waals surface area contributed by atoms with Crippen LogP contribution in [0.2, 0.25) is 0 Å². The van der Waals surface area contributed by atoms with Crippen LogP contribution in [0.15, 0.2) is 4.79 Å². The molecule has 27 heavy (non-hydrogen) atoms. The van der Waals surface area contributed by atoms with Crippen LogP contribution in [0.4, 0.5) is 0 Å². The van der Waals surface area contributed by atoms with E-state index in [4.69, 9.17) is 4.74 Å². The van der Waals surface area contributed by atoms with Crippen molar-refractivity contribution in [2.75, 3.05) is 12.3 Å². The predicted molar refractivity (Wildman–Crippen MR) is 107 cm³/mol. The molecule has 2 aromatic rings. The average molecular weight is 410 g/mol. The second-order valence-electron chi connectivity index (χ2n) is 6.38. The Kier molecular flexibility index (Phi) is 6.54. The third-order valence-corrected chi connectivity index (χ3v) is 6.50. The van der Waals surface area contributed by atoms with Crippen molar-refractivity contribution >= 4 is 45.2 Å². The maximum absolute atomic E-state index is 12.4. The summed E-state index contributed by atoms with van der Waals surface area (Å²) in [5, 5.41) is 3.36. The quantitative estimate of drug-likeness (QED) is 0.512. The summed E-state index contributed by atoms with van der Waals surface area (Å²) in [6.45, 7) is 3.86. The van der Waals surface area contributed by atoms with Crippen LogP contribution in [0.1, 0.15) is 43.0 Å². The first kappa shape index (κ1) is 19.9. The van der Waals surface area contributed by atoms with Crippen LogP contribution in [0.5, 0.6) is 0 Å². The van der Waals surface area contributed by atoms with Crippen LogP contribution < -0.4 is 10.9 Å². The summed E-state index contributed by atoms with van der Waals surface area (Å²) in [6.07, 6.45) is 2.53. The maximum Gasteiger partial charge on any atom is 0.307 e. The molecule has 146 valence electrons. The number of hydrogen-bond donors (Lipinski definition) is 2. The summed E-state index contributed by atoms with van der Waals surface area (Å²) in [7, 11) is 0. The predicted octanol–water partition coefficient (Wildman–Crippen LogP) is 2.16. The topological polar surface area (TPSA) is 101 Å². The molecule has 0 bridgehead atoms. The monoisotopic (exact) mass is 409 g/mol. The van der Waals surface area contributed by atoms with E-state index < -0.39 is 12.1 Å². The Labute approximate surface area is 165 Å². The molecular formula is C18H23N3O4S2. The molecule has 3 rings (SSSR count). The number of carbonyl (C=O) groups is 2. The van der Waals surface area contributed by atoms with E-state index in [0.29, 0.717) is 23.9 Å². The highest BCUT2D eigenvalue weighted by atomic mass is 32.2. The smallest absolute Gasteiger partial charge is 0.307 e. The molecule has 0 radical (unpaired) electrons. The van der Waals surface area contributed by atoms with Crippen LogP contribution in [-0.4, -0.2) is 40.2 Å². The number of amides is 1. The lowest BCUT2D eigenvalue weighted by atomic mass is 10.2. The molecule has 1 amide bonds. The third-order valence-electron chi connectivity index (χ3n) is 4.34. The molecule has 0 unspecified atom stereocenters. The highest BCUT2D eigenvalue weighted by molar-refractivity contribution is 7.98. The molecule has 1 aliphatic rings.